The lowest BCUT2D eigenvalue weighted by Gasteiger charge is -2.25. The van der Waals surface area contributed by atoms with Crippen molar-refractivity contribution in [1.82, 2.24) is 4.90 Å². The molecule has 5 nitrogen and oxygen atoms in total. The largest absolute Gasteiger partial charge is 0.494 e. The van der Waals surface area contributed by atoms with Crippen molar-refractivity contribution >= 4 is 32.8 Å². The van der Waals surface area contributed by atoms with E-state index in [0.717, 1.165) is 15.6 Å². The van der Waals surface area contributed by atoms with Gasteiger partial charge in [0.25, 0.3) is 5.91 Å². The van der Waals surface area contributed by atoms with Gasteiger partial charge in [0.05, 0.1) is 23.6 Å². The lowest BCUT2D eigenvalue weighted by Crippen LogP contribution is -2.29. The average molecular weight is 508 g/mol. The smallest absolute Gasteiger partial charge is 0.291 e. The van der Waals surface area contributed by atoms with Crippen LogP contribution in [-0.4, -0.2) is 17.4 Å². The zero-order chi connectivity index (χ0) is 23.1. The molecule has 0 aliphatic carbocycles. The molecule has 0 spiro atoms. The zero-order valence-electron chi connectivity index (χ0n) is 17.7. The van der Waals surface area contributed by atoms with Crippen LogP contribution in [0.2, 0.25) is 0 Å². The number of hydrogen-bond donors (Lipinski definition) is 0. The minimum Gasteiger partial charge on any atom is -0.494 e. The third kappa shape index (κ3) is 3.82. The zero-order valence-corrected chi connectivity index (χ0v) is 19.3. The number of ether oxygens (including phenoxy) is 1. The molecule has 3 aromatic carbocycles. The van der Waals surface area contributed by atoms with Crippen molar-refractivity contribution in [2.24, 2.45) is 0 Å². The molecule has 1 aliphatic heterocycles. The van der Waals surface area contributed by atoms with Gasteiger partial charge in [-0.15, -0.1) is 0 Å². The fourth-order valence-corrected chi connectivity index (χ4v) is 4.59. The van der Waals surface area contributed by atoms with Crippen LogP contribution in [0.15, 0.2) is 80.4 Å². The standard InChI is InChI=1S/C26H19BrFNO4/c1-2-32-19-5-3-4-16(12-19)23-22-24(30)20-13-17(27)8-11-21(20)33-25(22)26(31)29(23)14-15-6-9-18(28)10-7-15/h3-13,23H,2,14H2,1H3. The fourth-order valence-electron chi connectivity index (χ4n) is 4.23. The molecule has 33 heavy (non-hydrogen) atoms. The van der Waals surface area contributed by atoms with E-state index in [-0.39, 0.29) is 29.5 Å². The van der Waals surface area contributed by atoms with Gasteiger partial charge >= 0.3 is 0 Å². The summed E-state index contributed by atoms with van der Waals surface area (Å²) in [5.74, 6) is -0.0678. The average Bonchev–Trinajstić information content (AvgIpc) is 3.08. The molecule has 1 amide bonds. The molecule has 0 radical (unpaired) electrons. The van der Waals surface area contributed by atoms with Gasteiger partial charge in [0.15, 0.2) is 5.43 Å². The third-order valence-electron chi connectivity index (χ3n) is 5.68. The highest BCUT2D eigenvalue weighted by atomic mass is 79.9. The highest BCUT2D eigenvalue weighted by molar-refractivity contribution is 9.10. The number of benzene rings is 3. The van der Waals surface area contributed by atoms with Crippen molar-refractivity contribution in [3.05, 3.63) is 110 Å². The Kier molecular flexibility index (Phi) is 5.50. The van der Waals surface area contributed by atoms with Gasteiger partial charge in [-0.05, 0) is 60.5 Å². The normalized spacial score (nSPS) is 15.2. The Hall–Kier alpha value is -3.45. The molecule has 0 bridgehead atoms. The fraction of sp³-hybridized carbons (Fsp3) is 0.154. The number of nitrogens with zero attached hydrogens (tertiary/aromatic N) is 1. The highest BCUT2D eigenvalue weighted by Crippen LogP contribution is 2.40. The summed E-state index contributed by atoms with van der Waals surface area (Å²) in [6, 6.07) is 17.8. The molecule has 2 heterocycles. The van der Waals surface area contributed by atoms with Crippen molar-refractivity contribution in [2.75, 3.05) is 6.61 Å². The second-order valence-electron chi connectivity index (χ2n) is 7.78. The van der Waals surface area contributed by atoms with Gasteiger partial charge in [-0.2, -0.15) is 0 Å². The van der Waals surface area contributed by atoms with E-state index in [4.69, 9.17) is 9.15 Å². The maximum absolute atomic E-state index is 13.6. The molecule has 7 heteroatoms. The molecule has 0 N–H and O–H groups in total. The molecule has 0 saturated heterocycles. The number of amides is 1. The maximum Gasteiger partial charge on any atom is 0.291 e. The first-order valence-electron chi connectivity index (χ1n) is 10.5. The van der Waals surface area contributed by atoms with Crippen LogP contribution < -0.4 is 10.2 Å². The summed E-state index contributed by atoms with van der Waals surface area (Å²) >= 11 is 3.40. The molecule has 1 unspecified atom stereocenters. The molecule has 5 rings (SSSR count). The Balaban J connectivity index is 1.71. The summed E-state index contributed by atoms with van der Waals surface area (Å²) in [5.41, 5.74) is 1.86. The van der Waals surface area contributed by atoms with Gasteiger partial charge in [-0.25, -0.2) is 4.39 Å². The van der Waals surface area contributed by atoms with Crippen molar-refractivity contribution < 1.29 is 18.3 Å². The van der Waals surface area contributed by atoms with Crippen LogP contribution in [0.1, 0.15) is 40.2 Å². The summed E-state index contributed by atoms with van der Waals surface area (Å²) in [4.78, 5) is 28.7. The summed E-state index contributed by atoms with van der Waals surface area (Å²) in [5, 5.41) is 0.394. The van der Waals surface area contributed by atoms with Crippen molar-refractivity contribution in [3.63, 3.8) is 0 Å². The van der Waals surface area contributed by atoms with Crippen LogP contribution in [-0.2, 0) is 6.54 Å². The van der Waals surface area contributed by atoms with Crippen LogP contribution in [0.3, 0.4) is 0 Å². The molecule has 0 saturated carbocycles. The minimum atomic E-state index is -0.669. The molecular weight excluding hydrogens is 489 g/mol. The van der Waals surface area contributed by atoms with Gasteiger partial charge in [0, 0.05) is 11.0 Å². The molecule has 0 fully saturated rings. The van der Waals surface area contributed by atoms with Gasteiger partial charge < -0.3 is 14.1 Å². The summed E-state index contributed by atoms with van der Waals surface area (Å²) < 4.78 is 25.8. The van der Waals surface area contributed by atoms with E-state index in [2.05, 4.69) is 15.9 Å². The van der Waals surface area contributed by atoms with Crippen LogP contribution >= 0.6 is 15.9 Å². The first-order valence-corrected chi connectivity index (χ1v) is 11.3. The second-order valence-corrected chi connectivity index (χ2v) is 8.70. The minimum absolute atomic E-state index is 0.0312. The van der Waals surface area contributed by atoms with E-state index in [1.807, 2.05) is 31.2 Å². The molecule has 4 aromatic rings. The van der Waals surface area contributed by atoms with Crippen LogP contribution in [0.25, 0.3) is 11.0 Å². The van der Waals surface area contributed by atoms with E-state index in [1.165, 1.54) is 12.1 Å². The highest BCUT2D eigenvalue weighted by Gasteiger charge is 2.42. The first kappa shape index (κ1) is 21.4. The van der Waals surface area contributed by atoms with Crippen LogP contribution in [0.5, 0.6) is 5.75 Å². The van der Waals surface area contributed by atoms with Gasteiger partial charge in [-0.1, -0.05) is 40.2 Å². The molecule has 1 atom stereocenters. The van der Waals surface area contributed by atoms with E-state index >= 15 is 0 Å². The lowest BCUT2D eigenvalue weighted by atomic mass is 9.98. The Morgan fingerprint density at radius 1 is 1.06 bits per heavy atom. The number of rotatable bonds is 5. The second kappa shape index (κ2) is 8.48. The van der Waals surface area contributed by atoms with E-state index < -0.39 is 6.04 Å². The number of carbonyl (C=O) groups is 1. The molecular formula is C26H19BrFNO4. The molecule has 1 aliphatic rings. The SMILES string of the molecule is CCOc1cccc(C2c3c(oc4ccc(Br)cc4c3=O)C(=O)N2Cc2ccc(F)cc2)c1. The van der Waals surface area contributed by atoms with Crippen molar-refractivity contribution in [1.29, 1.82) is 0 Å². The van der Waals surface area contributed by atoms with E-state index in [9.17, 15) is 14.0 Å². The third-order valence-corrected chi connectivity index (χ3v) is 6.17. The van der Waals surface area contributed by atoms with Crippen molar-refractivity contribution in [3.8, 4) is 5.75 Å². The topological polar surface area (TPSA) is 59.8 Å². The quantitative estimate of drug-likeness (QED) is 0.340. The monoisotopic (exact) mass is 507 g/mol. The molecule has 1 aromatic heterocycles. The first-order chi connectivity index (χ1) is 16.0. The molecule has 166 valence electrons. The number of carbonyl (C=O) groups excluding carboxylic acids is 1. The number of hydrogen-bond acceptors (Lipinski definition) is 4. The van der Waals surface area contributed by atoms with Gasteiger partial charge in [0.2, 0.25) is 5.76 Å². The Morgan fingerprint density at radius 3 is 2.61 bits per heavy atom. The number of halogens is 2. The Bertz CT molecular complexity index is 1430. The van der Waals surface area contributed by atoms with Crippen LogP contribution in [0, 0.1) is 5.82 Å². The summed E-state index contributed by atoms with van der Waals surface area (Å²) in [6.07, 6.45) is 0. The Morgan fingerprint density at radius 2 is 1.85 bits per heavy atom. The maximum atomic E-state index is 13.6. The lowest BCUT2D eigenvalue weighted by molar-refractivity contribution is 0.0714. The predicted octanol–water partition coefficient (Wildman–Crippen LogP) is 5.84. The predicted molar refractivity (Wildman–Crippen MR) is 126 cm³/mol. The summed E-state index contributed by atoms with van der Waals surface area (Å²) in [6.45, 7) is 2.57. The van der Waals surface area contributed by atoms with Gasteiger partial charge in [0.1, 0.15) is 17.1 Å². The van der Waals surface area contributed by atoms with Crippen LogP contribution in [0.4, 0.5) is 4.39 Å². The number of fused-ring (bicyclic) bond motifs is 2. The van der Waals surface area contributed by atoms with E-state index in [0.29, 0.717) is 28.9 Å². The Labute approximate surface area is 197 Å². The summed E-state index contributed by atoms with van der Waals surface area (Å²) in [7, 11) is 0. The van der Waals surface area contributed by atoms with E-state index in [1.54, 1.807) is 35.2 Å². The van der Waals surface area contributed by atoms with Gasteiger partial charge in [-0.3, -0.25) is 9.59 Å². The van der Waals surface area contributed by atoms with Crippen molar-refractivity contribution in [2.45, 2.75) is 19.5 Å².